The van der Waals surface area contributed by atoms with Crippen LogP contribution in [0, 0.1) is 6.92 Å². The van der Waals surface area contributed by atoms with E-state index in [1.807, 2.05) is 46.0 Å². The van der Waals surface area contributed by atoms with Crippen molar-refractivity contribution >= 4 is 5.78 Å². The lowest BCUT2D eigenvalue weighted by atomic mass is 10.0. The van der Waals surface area contributed by atoms with Crippen LogP contribution in [0.15, 0.2) is 41.6 Å². The molecule has 1 N–H and O–H groups in total. The zero-order chi connectivity index (χ0) is 17.4. The Bertz CT molecular complexity index is 600. The highest BCUT2D eigenvalue weighted by atomic mass is 16.5. The number of Topliss-reactive ketones (excluding diaryl/α,β-unsaturated/α-hetero) is 1. The van der Waals surface area contributed by atoms with Gasteiger partial charge in [0.1, 0.15) is 5.75 Å². The van der Waals surface area contributed by atoms with Crippen LogP contribution in [0.3, 0.4) is 0 Å². The van der Waals surface area contributed by atoms with Gasteiger partial charge in [0.25, 0.3) is 0 Å². The molecule has 3 nitrogen and oxygen atoms in total. The van der Waals surface area contributed by atoms with Crippen LogP contribution in [0.25, 0.3) is 0 Å². The number of ether oxygens (including phenoxy) is 1. The molecule has 0 amide bonds. The summed E-state index contributed by atoms with van der Waals surface area (Å²) in [5.74, 6) is 0.947. The minimum Gasteiger partial charge on any atom is -0.493 e. The fourth-order valence-electron chi connectivity index (χ4n) is 2.44. The molecular formula is C20H29NO2. The van der Waals surface area contributed by atoms with Crippen LogP contribution in [-0.4, -0.2) is 19.4 Å². The van der Waals surface area contributed by atoms with Crippen LogP contribution in [0.5, 0.6) is 5.75 Å². The number of carbonyl (C=O) groups excluding carboxylic acids is 1. The van der Waals surface area contributed by atoms with E-state index in [2.05, 4.69) is 18.8 Å². The van der Waals surface area contributed by atoms with E-state index < -0.39 is 0 Å². The fraction of sp³-hybridized carbons (Fsp3) is 0.450. The molecule has 0 aliphatic carbocycles. The van der Waals surface area contributed by atoms with E-state index in [1.54, 1.807) is 0 Å². The molecule has 0 radical (unpaired) electrons. The fourth-order valence-corrected chi connectivity index (χ4v) is 2.44. The SMILES string of the molecule is C=C(C)/C(CCCOc1cc(C(=O)CC)ccc1C)=C(/C)NC. The first-order chi connectivity index (χ1) is 10.9. The molecule has 0 atom stereocenters. The van der Waals surface area contributed by atoms with Crippen molar-refractivity contribution in [1.29, 1.82) is 0 Å². The topological polar surface area (TPSA) is 38.3 Å². The largest absolute Gasteiger partial charge is 0.493 e. The number of allylic oxidation sites excluding steroid dienone is 3. The number of rotatable bonds is 9. The lowest BCUT2D eigenvalue weighted by Crippen LogP contribution is -2.08. The molecule has 23 heavy (non-hydrogen) atoms. The van der Waals surface area contributed by atoms with Gasteiger partial charge in [0.15, 0.2) is 5.78 Å². The number of hydrogen-bond acceptors (Lipinski definition) is 3. The molecule has 0 fully saturated rings. The molecule has 0 spiro atoms. The lowest BCUT2D eigenvalue weighted by molar-refractivity contribution is 0.0987. The van der Waals surface area contributed by atoms with Gasteiger partial charge in [-0.15, -0.1) is 0 Å². The second kappa shape index (κ2) is 9.19. The van der Waals surface area contributed by atoms with E-state index >= 15 is 0 Å². The number of hydrogen-bond donors (Lipinski definition) is 1. The molecule has 3 heteroatoms. The van der Waals surface area contributed by atoms with E-state index in [9.17, 15) is 4.79 Å². The van der Waals surface area contributed by atoms with Gasteiger partial charge in [0, 0.05) is 24.7 Å². The summed E-state index contributed by atoms with van der Waals surface area (Å²) in [7, 11) is 1.92. The highest BCUT2D eigenvalue weighted by Gasteiger charge is 2.08. The smallest absolute Gasteiger partial charge is 0.162 e. The van der Waals surface area contributed by atoms with Gasteiger partial charge in [-0.05, 0) is 50.8 Å². The molecule has 0 aromatic heterocycles. The number of benzene rings is 1. The summed E-state index contributed by atoms with van der Waals surface area (Å²) in [6.07, 6.45) is 2.35. The average Bonchev–Trinajstić information content (AvgIpc) is 2.54. The predicted molar refractivity (Wildman–Crippen MR) is 97.1 cm³/mol. The van der Waals surface area contributed by atoms with Crippen molar-refractivity contribution < 1.29 is 9.53 Å². The summed E-state index contributed by atoms with van der Waals surface area (Å²) in [6, 6.07) is 5.67. The second-order valence-electron chi connectivity index (χ2n) is 5.84. The molecule has 0 saturated carbocycles. The number of carbonyl (C=O) groups is 1. The number of nitrogens with one attached hydrogen (secondary N) is 1. The molecular weight excluding hydrogens is 286 g/mol. The van der Waals surface area contributed by atoms with Gasteiger partial charge < -0.3 is 10.1 Å². The molecule has 0 heterocycles. The third-order valence-corrected chi connectivity index (χ3v) is 4.00. The minimum atomic E-state index is 0.145. The van der Waals surface area contributed by atoms with Gasteiger partial charge in [-0.25, -0.2) is 0 Å². The van der Waals surface area contributed by atoms with Gasteiger partial charge in [-0.1, -0.05) is 31.2 Å². The third-order valence-electron chi connectivity index (χ3n) is 4.00. The van der Waals surface area contributed by atoms with Crippen molar-refractivity contribution in [3.8, 4) is 5.75 Å². The minimum absolute atomic E-state index is 0.145. The van der Waals surface area contributed by atoms with E-state index in [0.717, 1.165) is 41.0 Å². The van der Waals surface area contributed by atoms with Crippen LogP contribution < -0.4 is 10.1 Å². The maximum atomic E-state index is 11.8. The van der Waals surface area contributed by atoms with Crippen LogP contribution in [0.4, 0.5) is 0 Å². The summed E-state index contributed by atoms with van der Waals surface area (Å²) < 4.78 is 5.89. The first-order valence-electron chi connectivity index (χ1n) is 8.20. The van der Waals surface area contributed by atoms with Gasteiger partial charge in [0.05, 0.1) is 6.61 Å². The van der Waals surface area contributed by atoms with Crippen LogP contribution in [-0.2, 0) is 0 Å². The number of ketones is 1. The van der Waals surface area contributed by atoms with Crippen LogP contribution in [0.1, 0.15) is 56.0 Å². The van der Waals surface area contributed by atoms with E-state index in [4.69, 9.17) is 4.74 Å². The summed E-state index contributed by atoms with van der Waals surface area (Å²) in [6.45, 7) is 12.6. The second-order valence-corrected chi connectivity index (χ2v) is 5.84. The van der Waals surface area contributed by atoms with Crippen LogP contribution >= 0.6 is 0 Å². The summed E-state index contributed by atoms with van der Waals surface area (Å²) in [5, 5.41) is 3.18. The molecule has 1 aromatic carbocycles. The standard InChI is InChI=1S/C20H29NO2/c1-7-19(22)17-11-10-15(4)20(13-17)23-12-8-9-18(14(2)3)16(5)21-6/h10-11,13,21H,2,7-9,12H2,1,3-6H3/b18-16-. The zero-order valence-corrected chi connectivity index (χ0v) is 15.1. The molecule has 1 aromatic rings. The van der Waals surface area contributed by atoms with Crippen molar-refractivity contribution in [2.45, 2.75) is 47.0 Å². The molecule has 0 aliphatic heterocycles. The Labute approximate surface area is 140 Å². The zero-order valence-electron chi connectivity index (χ0n) is 15.1. The van der Waals surface area contributed by atoms with Gasteiger partial charge in [0.2, 0.25) is 0 Å². The van der Waals surface area contributed by atoms with Crippen molar-refractivity contribution in [3.05, 3.63) is 52.7 Å². The molecule has 1 rings (SSSR count). The molecule has 0 saturated heterocycles. The summed E-state index contributed by atoms with van der Waals surface area (Å²) >= 11 is 0. The first kappa shape index (κ1) is 19.0. The monoisotopic (exact) mass is 315 g/mol. The highest BCUT2D eigenvalue weighted by molar-refractivity contribution is 5.96. The van der Waals surface area contributed by atoms with Crippen LogP contribution in [0.2, 0.25) is 0 Å². The molecule has 0 unspecified atom stereocenters. The van der Waals surface area contributed by atoms with Crippen molar-refractivity contribution in [1.82, 2.24) is 5.32 Å². The lowest BCUT2D eigenvalue weighted by Gasteiger charge is -2.14. The quantitative estimate of drug-likeness (QED) is 0.403. The van der Waals surface area contributed by atoms with E-state index in [-0.39, 0.29) is 5.78 Å². The van der Waals surface area contributed by atoms with Crippen molar-refractivity contribution in [2.75, 3.05) is 13.7 Å². The van der Waals surface area contributed by atoms with E-state index in [1.165, 1.54) is 5.57 Å². The van der Waals surface area contributed by atoms with E-state index in [0.29, 0.717) is 13.0 Å². The Kier molecular flexibility index (Phi) is 7.60. The molecule has 0 bridgehead atoms. The van der Waals surface area contributed by atoms with Gasteiger partial charge in [-0.2, -0.15) is 0 Å². The predicted octanol–water partition coefficient (Wildman–Crippen LogP) is 4.82. The van der Waals surface area contributed by atoms with Gasteiger partial charge >= 0.3 is 0 Å². The Balaban J connectivity index is 2.66. The maximum absolute atomic E-state index is 11.8. The van der Waals surface area contributed by atoms with Gasteiger partial charge in [-0.3, -0.25) is 4.79 Å². The Morgan fingerprint density at radius 2 is 2.00 bits per heavy atom. The summed E-state index contributed by atoms with van der Waals surface area (Å²) in [4.78, 5) is 11.8. The Hall–Kier alpha value is -2.03. The average molecular weight is 315 g/mol. The highest BCUT2D eigenvalue weighted by Crippen LogP contribution is 2.22. The van der Waals surface area contributed by atoms with Crippen molar-refractivity contribution in [2.24, 2.45) is 0 Å². The molecule has 0 aliphatic rings. The third kappa shape index (κ3) is 5.59. The summed E-state index contributed by atoms with van der Waals surface area (Å²) in [5.41, 5.74) is 5.27. The Morgan fingerprint density at radius 1 is 1.30 bits per heavy atom. The number of aryl methyl sites for hydroxylation is 1. The molecule has 126 valence electrons. The first-order valence-corrected chi connectivity index (χ1v) is 8.20. The Morgan fingerprint density at radius 3 is 2.57 bits per heavy atom. The van der Waals surface area contributed by atoms with Crippen molar-refractivity contribution in [3.63, 3.8) is 0 Å². The normalized spacial score (nSPS) is 11.7. The maximum Gasteiger partial charge on any atom is 0.162 e.